The Labute approximate surface area is 117 Å². The highest BCUT2D eigenvalue weighted by Crippen LogP contribution is 2.30. The third-order valence-electron chi connectivity index (χ3n) is 3.31. The smallest absolute Gasteiger partial charge is 0.224 e. The fourth-order valence-corrected chi connectivity index (χ4v) is 2.19. The van der Waals surface area contributed by atoms with E-state index in [1.54, 1.807) is 6.07 Å². The number of aromatic hydroxyl groups is 2. The van der Waals surface area contributed by atoms with Crippen molar-refractivity contribution < 1.29 is 15.0 Å². The number of primary amides is 1. The molecule has 0 heterocycles. The van der Waals surface area contributed by atoms with Crippen LogP contribution in [0.3, 0.4) is 0 Å². The Morgan fingerprint density at radius 3 is 2.35 bits per heavy atom. The summed E-state index contributed by atoms with van der Waals surface area (Å²) in [6.45, 7) is 0. The van der Waals surface area contributed by atoms with E-state index in [9.17, 15) is 15.0 Å². The van der Waals surface area contributed by atoms with Gasteiger partial charge >= 0.3 is 0 Å². The van der Waals surface area contributed by atoms with E-state index in [2.05, 4.69) is 0 Å². The SMILES string of the molecule is NC(=O)C(CCc1ccccc1)c1ccc(O)c(O)c1. The van der Waals surface area contributed by atoms with Gasteiger partial charge in [-0.1, -0.05) is 36.4 Å². The van der Waals surface area contributed by atoms with E-state index in [4.69, 9.17) is 5.73 Å². The Morgan fingerprint density at radius 1 is 1.05 bits per heavy atom. The lowest BCUT2D eigenvalue weighted by Gasteiger charge is -2.14. The normalized spacial score (nSPS) is 12.0. The summed E-state index contributed by atoms with van der Waals surface area (Å²) in [5.74, 6) is -1.37. The third-order valence-corrected chi connectivity index (χ3v) is 3.31. The fourth-order valence-electron chi connectivity index (χ4n) is 2.19. The summed E-state index contributed by atoms with van der Waals surface area (Å²) in [4.78, 5) is 11.6. The van der Waals surface area contributed by atoms with Gasteiger partial charge in [0.15, 0.2) is 11.5 Å². The van der Waals surface area contributed by atoms with Crippen LogP contribution >= 0.6 is 0 Å². The van der Waals surface area contributed by atoms with Gasteiger partial charge in [0, 0.05) is 0 Å². The molecule has 4 heteroatoms. The molecular formula is C16H17NO3. The van der Waals surface area contributed by atoms with E-state index in [1.165, 1.54) is 12.1 Å². The first-order chi connectivity index (χ1) is 9.58. The van der Waals surface area contributed by atoms with Gasteiger partial charge in [-0.25, -0.2) is 0 Å². The van der Waals surface area contributed by atoms with Gasteiger partial charge in [0.05, 0.1) is 5.92 Å². The number of carbonyl (C=O) groups excluding carboxylic acids is 1. The molecule has 0 bridgehead atoms. The molecule has 2 aromatic carbocycles. The van der Waals surface area contributed by atoms with Crippen LogP contribution < -0.4 is 5.73 Å². The molecule has 0 saturated carbocycles. The van der Waals surface area contributed by atoms with Crippen molar-refractivity contribution >= 4 is 5.91 Å². The molecule has 4 nitrogen and oxygen atoms in total. The van der Waals surface area contributed by atoms with Crippen molar-refractivity contribution in [1.29, 1.82) is 0 Å². The average Bonchev–Trinajstić information content (AvgIpc) is 2.43. The van der Waals surface area contributed by atoms with Gasteiger partial charge in [-0.15, -0.1) is 0 Å². The lowest BCUT2D eigenvalue weighted by molar-refractivity contribution is -0.119. The largest absolute Gasteiger partial charge is 0.504 e. The second-order valence-corrected chi connectivity index (χ2v) is 4.73. The highest BCUT2D eigenvalue weighted by Gasteiger charge is 2.19. The van der Waals surface area contributed by atoms with Crippen molar-refractivity contribution in [3.63, 3.8) is 0 Å². The van der Waals surface area contributed by atoms with Gasteiger partial charge in [-0.2, -0.15) is 0 Å². The molecule has 0 spiro atoms. The van der Waals surface area contributed by atoms with Crippen molar-refractivity contribution in [2.75, 3.05) is 0 Å². The number of nitrogens with two attached hydrogens (primary N) is 1. The molecule has 2 rings (SSSR count). The first kappa shape index (κ1) is 13.9. The molecule has 0 aliphatic heterocycles. The van der Waals surface area contributed by atoms with Crippen LogP contribution in [0.5, 0.6) is 11.5 Å². The molecule has 0 aliphatic rings. The van der Waals surface area contributed by atoms with Crippen LogP contribution in [0.1, 0.15) is 23.5 Å². The predicted octanol–water partition coefficient (Wildman–Crippen LogP) is 2.30. The maximum atomic E-state index is 11.6. The van der Waals surface area contributed by atoms with Crippen LogP contribution in [0.4, 0.5) is 0 Å². The Balaban J connectivity index is 2.15. The van der Waals surface area contributed by atoms with Crippen LogP contribution in [0.2, 0.25) is 0 Å². The molecule has 2 aromatic rings. The van der Waals surface area contributed by atoms with Crippen molar-refractivity contribution in [2.24, 2.45) is 5.73 Å². The van der Waals surface area contributed by atoms with E-state index in [1.807, 2.05) is 30.3 Å². The summed E-state index contributed by atoms with van der Waals surface area (Å²) in [7, 11) is 0. The topological polar surface area (TPSA) is 83.6 Å². The number of hydrogen-bond acceptors (Lipinski definition) is 3. The molecule has 1 unspecified atom stereocenters. The zero-order valence-electron chi connectivity index (χ0n) is 11.0. The number of phenolic OH excluding ortho intramolecular Hbond substituents is 2. The van der Waals surface area contributed by atoms with E-state index < -0.39 is 11.8 Å². The Hall–Kier alpha value is -2.49. The summed E-state index contributed by atoms with van der Waals surface area (Å²) in [6, 6.07) is 14.2. The number of benzene rings is 2. The second-order valence-electron chi connectivity index (χ2n) is 4.73. The van der Waals surface area contributed by atoms with Crippen molar-refractivity contribution in [1.82, 2.24) is 0 Å². The summed E-state index contributed by atoms with van der Waals surface area (Å²) in [5, 5.41) is 18.8. The van der Waals surface area contributed by atoms with Crippen LogP contribution in [0, 0.1) is 0 Å². The maximum absolute atomic E-state index is 11.6. The van der Waals surface area contributed by atoms with Crippen LogP contribution in [-0.4, -0.2) is 16.1 Å². The molecule has 20 heavy (non-hydrogen) atoms. The van der Waals surface area contributed by atoms with Gasteiger partial charge in [0.25, 0.3) is 0 Å². The zero-order chi connectivity index (χ0) is 14.5. The van der Waals surface area contributed by atoms with Gasteiger partial charge < -0.3 is 15.9 Å². The molecular weight excluding hydrogens is 254 g/mol. The number of rotatable bonds is 5. The summed E-state index contributed by atoms with van der Waals surface area (Å²) < 4.78 is 0. The van der Waals surface area contributed by atoms with Gasteiger partial charge in [-0.05, 0) is 36.1 Å². The molecule has 4 N–H and O–H groups in total. The Morgan fingerprint density at radius 2 is 1.75 bits per heavy atom. The third kappa shape index (κ3) is 3.29. The molecule has 1 amide bonds. The monoisotopic (exact) mass is 271 g/mol. The van der Waals surface area contributed by atoms with E-state index in [-0.39, 0.29) is 11.5 Å². The number of carbonyl (C=O) groups is 1. The lowest BCUT2D eigenvalue weighted by atomic mass is 9.91. The number of phenols is 2. The Kier molecular flexibility index (Phi) is 4.25. The average molecular weight is 271 g/mol. The summed E-state index contributed by atoms with van der Waals surface area (Å²) >= 11 is 0. The zero-order valence-corrected chi connectivity index (χ0v) is 11.0. The minimum Gasteiger partial charge on any atom is -0.504 e. The highest BCUT2D eigenvalue weighted by molar-refractivity contribution is 5.82. The minimum atomic E-state index is -0.485. The standard InChI is InChI=1S/C16H17NO3/c17-16(20)13(8-6-11-4-2-1-3-5-11)12-7-9-14(18)15(19)10-12/h1-5,7,9-10,13,18-19H,6,8H2,(H2,17,20). The van der Waals surface area contributed by atoms with Gasteiger partial charge in [-0.3, -0.25) is 4.79 Å². The molecule has 0 saturated heterocycles. The highest BCUT2D eigenvalue weighted by atomic mass is 16.3. The maximum Gasteiger partial charge on any atom is 0.224 e. The quantitative estimate of drug-likeness (QED) is 0.730. The van der Waals surface area contributed by atoms with Crippen molar-refractivity contribution in [3.8, 4) is 11.5 Å². The summed E-state index contributed by atoms with van der Waals surface area (Å²) in [5.41, 5.74) is 7.18. The van der Waals surface area contributed by atoms with E-state index >= 15 is 0 Å². The molecule has 0 aromatic heterocycles. The molecule has 0 aliphatic carbocycles. The Bertz CT molecular complexity index is 596. The van der Waals surface area contributed by atoms with Crippen molar-refractivity contribution in [3.05, 3.63) is 59.7 Å². The van der Waals surface area contributed by atoms with Gasteiger partial charge in [0.1, 0.15) is 0 Å². The number of aryl methyl sites for hydroxylation is 1. The van der Waals surface area contributed by atoms with E-state index in [0.717, 1.165) is 12.0 Å². The number of amides is 1. The van der Waals surface area contributed by atoms with Gasteiger partial charge in [0.2, 0.25) is 5.91 Å². The minimum absolute atomic E-state index is 0.208. The van der Waals surface area contributed by atoms with E-state index in [0.29, 0.717) is 12.0 Å². The first-order valence-corrected chi connectivity index (χ1v) is 6.43. The van der Waals surface area contributed by atoms with Crippen molar-refractivity contribution in [2.45, 2.75) is 18.8 Å². The fraction of sp³-hybridized carbons (Fsp3) is 0.188. The van der Waals surface area contributed by atoms with Crippen LogP contribution in [0.25, 0.3) is 0 Å². The molecule has 0 fully saturated rings. The first-order valence-electron chi connectivity index (χ1n) is 6.43. The molecule has 104 valence electrons. The van der Waals surface area contributed by atoms with Crippen LogP contribution in [-0.2, 0) is 11.2 Å². The number of hydrogen-bond donors (Lipinski definition) is 3. The molecule has 0 radical (unpaired) electrons. The predicted molar refractivity (Wildman–Crippen MR) is 76.5 cm³/mol. The second kappa shape index (κ2) is 6.10. The van der Waals surface area contributed by atoms with Crippen LogP contribution in [0.15, 0.2) is 48.5 Å². The lowest BCUT2D eigenvalue weighted by Crippen LogP contribution is -2.22. The summed E-state index contributed by atoms with van der Waals surface area (Å²) in [6.07, 6.45) is 1.28. The molecule has 1 atom stereocenters.